The first kappa shape index (κ1) is 14.2. The van der Waals surface area contributed by atoms with E-state index in [1.165, 1.54) is 11.3 Å². The zero-order valence-corrected chi connectivity index (χ0v) is 13.3. The topological polar surface area (TPSA) is 63.1 Å². The van der Waals surface area contributed by atoms with E-state index in [0.717, 1.165) is 40.7 Å². The monoisotopic (exact) mass is 305 g/mol. The number of carbonyl (C=O) groups is 1. The first-order chi connectivity index (χ1) is 10.1. The highest BCUT2D eigenvalue weighted by Crippen LogP contribution is 2.28. The predicted molar refractivity (Wildman–Crippen MR) is 82.4 cm³/mol. The summed E-state index contributed by atoms with van der Waals surface area (Å²) in [5, 5.41) is 8.29. The second-order valence-electron chi connectivity index (χ2n) is 5.40. The number of nitrogens with one attached hydrogen (secondary N) is 1. The van der Waals surface area contributed by atoms with E-state index < -0.39 is 0 Å². The van der Waals surface area contributed by atoms with Crippen molar-refractivity contribution in [3.05, 3.63) is 23.0 Å². The van der Waals surface area contributed by atoms with Crippen LogP contribution >= 0.6 is 11.3 Å². The van der Waals surface area contributed by atoms with E-state index in [0.29, 0.717) is 0 Å². The van der Waals surface area contributed by atoms with Gasteiger partial charge in [0.1, 0.15) is 9.88 Å². The fourth-order valence-electron chi connectivity index (χ4n) is 2.55. The summed E-state index contributed by atoms with van der Waals surface area (Å²) < 4.78 is 1.74. The molecule has 1 amide bonds. The number of hydrogen-bond donors (Lipinski definition) is 1. The molecular formula is C14H19N5OS. The lowest BCUT2D eigenvalue weighted by Crippen LogP contribution is -2.38. The van der Waals surface area contributed by atoms with Crippen molar-refractivity contribution in [1.29, 1.82) is 0 Å². The van der Waals surface area contributed by atoms with Crippen molar-refractivity contribution in [2.45, 2.75) is 19.4 Å². The van der Waals surface area contributed by atoms with Crippen molar-refractivity contribution in [2.75, 3.05) is 20.1 Å². The van der Waals surface area contributed by atoms with E-state index >= 15 is 0 Å². The zero-order chi connectivity index (χ0) is 15.0. The summed E-state index contributed by atoms with van der Waals surface area (Å²) in [6.45, 7) is 3.74. The summed E-state index contributed by atoms with van der Waals surface area (Å²) in [5.41, 5.74) is 1.75. The molecule has 0 aromatic carbocycles. The molecule has 1 aliphatic heterocycles. The first-order valence-electron chi connectivity index (χ1n) is 7.00. The Hall–Kier alpha value is -1.73. The molecule has 1 N–H and O–H groups in total. The summed E-state index contributed by atoms with van der Waals surface area (Å²) in [5.74, 6) is 0.0637. The highest BCUT2D eigenvalue weighted by Gasteiger charge is 2.27. The molecule has 0 spiro atoms. The Morgan fingerprint density at radius 3 is 3.00 bits per heavy atom. The van der Waals surface area contributed by atoms with E-state index in [9.17, 15) is 4.79 Å². The quantitative estimate of drug-likeness (QED) is 0.928. The van der Waals surface area contributed by atoms with Gasteiger partial charge in [-0.05, 0) is 19.9 Å². The smallest absolute Gasteiger partial charge is 0.265 e. The molecule has 0 unspecified atom stereocenters. The number of nitrogens with zero attached hydrogens (tertiary/aromatic N) is 4. The van der Waals surface area contributed by atoms with Crippen LogP contribution in [0.5, 0.6) is 0 Å². The molecule has 7 heteroatoms. The maximum atomic E-state index is 12.7. The summed E-state index contributed by atoms with van der Waals surface area (Å²) >= 11 is 1.45. The minimum Gasteiger partial charge on any atom is -0.337 e. The maximum absolute atomic E-state index is 12.7. The summed E-state index contributed by atoms with van der Waals surface area (Å²) in [6, 6.07) is 0.279. The number of aryl methyl sites for hydroxylation is 2. The molecule has 112 valence electrons. The van der Waals surface area contributed by atoms with Crippen molar-refractivity contribution in [3.8, 4) is 10.6 Å². The van der Waals surface area contributed by atoms with Gasteiger partial charge in [-0.15, -0.1) is 11.3 Å². The second kappa shape index (κ2) is 5.57. The fourth-order valence-corrected chi connectivity index (χ4v) is 3.57. The highest BCUT2D eigenvalue weighted by atomic mass is 32.1. The van der Waals surface area contributed by atoms with Crippen LogP contribution in [0.1, 0.15) is 21.8 Å². The zero-order valence-electron chi connectivity index (χ0n) is 12.5. The van der Waals surface area contributed by atoms with Crippen LogP contribution in [0.25, 0.3) is 10.6 Å². The lowest BCUT2D eigenvalue weighted by Gasteiger charge is -2.23. The van der Waals surface area contributed by atoms with Gasteiger partial charge in [-0.25, -0.2) is 4.98 Å². The molecule has 0 bridgehead atoms. The van der Waals surface area contributed by atoms with Gasteiger partial charge in [-0.3, -0.25) is 9.48 Å². The first-order valence-corrected chi connectivity index (χ1v) is 7.82. The third-order valence-corrected chi connectivity index (χ3v) is 5.04. The SMILES string of the molecule is Cc1nc(-c2cnn(C)c2)sc1C(=O)N(C)[C@H]1CCNC1. The Morgan fingerprint density at radius 2 is 2.38 bits per heavy atom. The number of hydrogen-bond acceptors (Lipinski definition) is 5. The van der Waals surface area contributed by atoms with Gasteiger partial charge in [-0.2, -0.15) is 5.10 Å². The molecule has 0 saturated carbocycles. The average Bonchev–Trinajstić information content (AvgIpc) is 3.17. The van der Waals surface area contributed by atoms with Gasteiger partial charge in [0, 0.05) is 38.4 Å². The van der Waals surface area contributed by atoms with Crippen LogP contribution in [0.15, 0.2) is 12.4 Å². The van der Waals surface area contributed by atoms with Crippen molar-refractivity contribution < 1.29 is 4.79 Å². The molecule has 1 atom stereocenters. The predicted octanol–water partition coefficient (Wildman–Crippen LogP) is 1.29. The van der Waals surface area contributed by atoms with Gasteiger partial charge in [-0.1, -0.05) is 0 Å². The largest absolute Gasteiger partial charge is 0.337 e. The van der Waals surface area contributed by atoms with Crippen LogP contribution in [-0.4, -0.2) is 51.8 Å². The molecule has 2 aromatic rings. The summed E-state index contributed by atoms with van der Waals surface area (Å²) in [6.07, 6.45) is 4.70. The number of carbonyl (C=O) groups excluding carboxylic acids is 1. The lowest BCUT2D eigenvalue weighted by molar-refractivity contribution is 0.0747. The standard InChI is InChI=1S/C14H19N5OS/c1-9-12(14(20)19(3)11-4-5-15-7-11)21-13(17-9)10-6-16-18(2)8-10/h6,8,11,15H,4-5,7H2,1-3H3/t11-/m0/s1. The normalized spacial score (nSPS) is 18.1. The lowest BCUT2D eigenvalue weighted by atomic mass is 10.2. The molecule has 2 aromatic heterocycles. The molecule has 0 radical (unpaired) electrons. The highest BCUT2D eigenvalue weighted by molar-refractivity contribution is 7.17. The van der Waals surface area contributed by atoms with Crippen LogP contribution in [0, 0.1) is 6.92 Å². The van der Waals surface area contributed by atoms with E-state index in [4.69, 9.17) is 0 Å². The van der Waals surface area contributed by atoms with Gasteiger partial charge >= 0.3 is 0 Å². The molecule has 21 heavy (non-hydrogen) atoms. The molecular weight excluding hydrogens is 286 g/mol. The molecule has 1 fully saturated rings. The molecule has 1 aliphatic rings. The Kier molecular flexibility index (Phi) is 3.77. The third-order valence-electron chi connectivity index (χ3n) is 3.85. The van der Waals surface area contributed by atoms with Gasteiger partial charge in [0.25, 0.3) is 5.91 Å². The van der Waals surface area contributed by atoms with E-state index in [2.05, 4.69) is 15.4 Å². The minimum atomic E-state index is 0.0637. The third kappa shape index (κ3) is 2.71. The van der Waals surface area contributed by atoms with Crippen molar-refractivity contribution in [1.82, 2.24) is 25.0 Å². The number of aromatic nitrogens is 3. The van der Waals surface area contributed by atoms with Crippen LogP contribution in [0.3, 0.4) is 0 Å². The molecule has 3 heterocycles. The number of amides is 1. The van der Waals surface area contributed by atoms with Gasteiger partial charge in [0.15, 0.2) is 0 Å². The Morgan fingerprint density at radius 1 is 1.57 bits per heavy atom. The van der Waals surface area contributed by atoms with Gasteiger partial charge < -0.3 is 10.2 Å². The van der Waals surface area contributed by atoms with Crippen LogP contribution < -0.4 is 5.32 Å². The number of likely N-dealkylation sites (N-methyl/N-ethyl adjacent to an activating group) is 1. The van der Waals surface area contributed by atoms with E-state index in [-0.39, 0.29) is 11.9 Å². The molecule has 1 saturated heterocycles. The minimum absolute atomic E-state index is 0.0637. The number of rotatable bonds is 3. The molecule has 3 rings (SSSR count). The fraction of sp³-hybridized carbons (Fsp3) is 0.500. The van der Waals surface area contributed by atoms with Crippen LogP contribution in [0.2, 0.25) is 0 Å². The van der Waals surface area contributed by atoms with Gasteiger partial charge in [0.05, 0.1) is 11.9 Å². The van der Waals surface area contributed by atoms with E-state index in [1.54, 1.807) is 10.9 Å². The van der Waals surface area contributed by atoms with Crippen molar-refractivity contribution >= 4 is 17.2 Å². The van der Waals surface area contributed by atoms with Crippen LogP contribution in [-0.2, 0) is 7.05 Å². The van der Waals surface area contributed by atoms with Gasteiger partial charge in [0.2, 0.25) is 0 Å². The summed E-state index contributed by atoms with van der Waals surface area (Å²) in [4.78, 5) is 19.7. The Bertz CT molecular complexity index is 656. The second-order valence-corrected chi connectivity index (χ2v) is 6.40. The number of thiazole rings is 1. The Labute approximate surface area is 127 Å². The van der Waals surface area contributed by atoms with Crippen molar-refractivity contribution in [2.24, 2.45) is 7.05 Å². The van der Waals surface area contributed by atoms with E-state index in [1.807, 2.05) is 32.1 Å². The Balaban J connectivity index is 1.85. The summed E-state index contributed by atoms with van der Waals surface area (Å²) in [7, 11) is 3.75. The van der Waals surface area contributed by atoms with Crippen molar-refractivity contribution in [3.63, 3.8) is 0 Å². The molecule has 6 nitrogen and oxygen atoms in total. The molecule has 0 aliphatic carbocycles. The average molecular weight is 305 g/mol. The van der Waals surface area contributed by atoms with Crippen LogP contribution in [0.4, 0.5) is 0 Å². The maximum Gasteiger partial charge on any atom is 0.265 e.